The Kier molecular flexibility index (Phi) is 6.41. The summed E-state index contributed by atoms with van der Waals surface area (Å²) in [5.41, 5.74) is 2.08. The van der Waals surface area contributed by atoms with Gasteiger partial charge in [0.2, 0.25) is 11.0 Å². The number of carbonyl (C=O) groups excluding carboxylic acids is 1. The van der Waals surface area contributed by atoms with Crippen LogP contribution in [-0.2, 0) is 4.79 Å². The van der Waals surface area contributed by atoms with E-state index in [9.17, 15) is 4.79 Å². The van der Waals surface area contributed by atoms with Crippen molar-refractivity contribution in [2.45, 2.75) is 43.2 Å². The Labute approximate surface area is 145 Å². The van der Waals surface area contributed by atoms with Gasteiger partial charge in [0.15, 0.2) is 4.34 Å². The van der Waals surface area contributed by atoms with E-state index in [2.05, 4.69) is 34.7 Å². The molecule has 0 aliphatic carbocycles. The predicted octanol–water partition coefficient (Wildman–Crippen LogP) is 4.21. The highest BCUT2D eigenvalue weighted by atomic mass is 32.2. The zero-order valence-electron chi connectivity index (χ0n) is 13.8. The van der Waals surface area contributed by atoms with Crippen LogP contribution in [0, 0.1) is 0 Å². The van der Waals surface area contributed by atoms with Gasteiger partial charge in [-0.25, -0.2) is 0 Å². The molecule has 0 aliphatic rings. The smallest absolute Gasteiger partial charge is 0.237 e. The zero-order valence-corrected chi connectivity index (χ0v) is 15.4. The second-order valence-electron chi connectivity index (χ2n) is 5.43. The Hall–Kier alpha value is -1.60. The summed E-state index contributed by atoms with van der Waals surface area (Å²) in [5, 5.41) is 14.7. The third-order valence-corrected chi connectivity index (χ3v) is 5.29. The van der Waals surface area contributed by atoms with Crippen LogP contribution in [0.1, 0.15) is 39.2 Å². The van der Waals surface area contributed by atoms with Gasteiger partial charge in [0.05, 0.1) is 5.25 Å². The van der Waals surface area contributed by atoms with Gasteiger partial charge in [-0.1, -0.05) is 49.1 Å². The Balaban J connectivity index is 1.91. The highest BCUT2D eigenvalue weighted by molar-refractivity contribution is 8.02. The first-order chi connectivity index (χ1) is 11.0. The molecule has 1 aromatic carbocycles. The molecular formula is C16H22N4OS2. The molecule has 124 valence electrons. The van der Waals surface area contributed by atoms with E-state index < -0.39 is 0 Å². The van der Waals surface area contributed by atoms with Gasteiger partial charge in [-0.05, 0) is 37.5 Å². The molecule has 0 radical (unpaired) electrons. The summed E-state index contributed by atoms with van der Waals surface area (Å²) in [6.45, 7) is 8.99. The maximum Gasteiger partial charge on any atom is 0.237 e. The summed E-state index contributed by atoms with van der Waals surface area (Å²) < 4.78 is 0.791. The summed E-state index contributed by atoms with van der Waals surface area (Å²) in [4.78, 5) is 12.3. The van der Waals surface area contributed by atoms with Crippen molar-refractivity contribution in [3.05, 3.63) is 29.8 Å². The van der Waals surface area contributed by atoms with Crippen LogP contribution < -0.4 is 10.6 Å². The number of nitrogens with one attached hydrogen (secondary N) is 2. The third-order valence-electron chi connectivity index (χ3n) is 3.23. The number of nitrogens with zero attached hydrogens (tertiary/aromatic N) is 2. The van der Waals surface area contributed by atoms with Crippen LogP contribution in [0.4, 0.5) is 10.8 Å². The molecule has 0 spiro atoms. The largest absolute Gasteiger partial charge is 0.360 e. The van der Waals surface area contributed by atoms with Crippen LogP contribution in [0.2, 0.25) is 0 Å². The molecule has 1 heterocycles. The molecule has 7 heteroatoms. The summed E-state index contributed by atoms with van der Waals surface area (Å²) in [7, 11) is 0. The molecular weight excluding hydrogens is 328 g/mol. The lowest BCUT2D eigenvalue weighted by atomic mass is 10.0. The lowest BCUT2D eigenvalue weighted by molar-refractivity contribution is -0.115. The number of hydrogen-bond donors (Lipinski definition) is 2. The predicted molar refractivity (Wildman–Crippen MR) is 98.6 cm³/mol. The molecule has 0 bridgehead atoms. The number of amides is 1. The van der Waals surface area contributed by atoms with Gasteiger partial charge in [-0.2, -0.15) is 0 Å². The van der Waals surface area contributed by atoms with Crippen LogP contribution in [0.15, 0.2) is 28.6 Å². The number of carbonyl (C=O) groups is 1. The summed E-state index contributed by atoms with van der Waals surface area (Å²) >= 11 is 2.88. The van der Waals surface area contributed by atoms with Gasteiger partial charge in [0.25, 0.3) is 0 Å². The Bertz CT molecular complexity index is 640. The molecule has 1 aromatic heterocycles. The average molecular weight is 351 g/mol. The maximum atomic E-state index is 12.3. The lowest BCUT2D eigenvalue weighted by Crippen LogP contribution is -2.22. The van der Waals surface area contributed by atoms with E-state index in [0.29, 0.717) is 5.92 Å². The third kappa shape index (κ3) is 5.21. The molecule has 5 nitrogen and oxygen atoms in total. The van der Waals surface area contributed by atoms with Crippen molar-refractivity contribution in [1.82, 2.24) is 10.2 Å². The van der Waals surface area contributed by atoms with Crippen molar-refractivity contribution in [1.29, 1.82) is 0 Å². The number of thioether (sulfide) groups is 1. The van der Waals surface area contributed by atoms with Crippen LogP contribution >= 0.6 is 23.1 Å². The van der Waals surface area contributed by atoms with Crippen LogP contribution in [0.25, 0.3) is 0 Å². The van der Waals surface area contributed by atoms with Crippen molar-refractivity contribution in [2.75, 3.05) is 17.2 Å². The molecule has 2 N–H and O–H groups in total. The van der Waals surface area contributed by atoms with Crippen molar-refractivity contribution in [3.8, 4) is 0 Å². The average Bonchev–Trinajstić information content (AvgIpc) is 2.95. The van der Waals surface area contributed by atoms with E-state index in [4.69, 9.17) is 0 Å². The standard InChI is InChI=1S/C16H22N4OS2/c1-5-17-15-19-20-16(23-15)22-11(4)14(21)18-13-8-6-12(7-9-13)10(2)3/h6-11H,5H2,1-4H3,(H,17,19)(H,18,21)/t11-/m0/s1. The van der Waals surface area contributed by atoms with Gasteiger partial charge in [0, 0.05) is 12.2 Å². The first-order valence-electron chi connectivity index (χ1n) is 7.64. The highest BCUT2D eigenvalue weighted by Gasteiger charge is 2.17. The number of hydrogen-bond acceptors (Lipinski definition) is 6. The molecule has 2 aromatic rings. The maximum absolute atomic E-state index is 12.3. The van der Waals surface area contributed by atoms with Gasteiger partial charge < -0.3 is 10.6 Å². The lowest BCUT2D eigenvalue weighted by Gasteiger charge is -2.11. The molecule has 0 saturated heterocycles. The van der Waals surface area contributed by atoms with Crippen LogP contribution in [0.3, 0.4) is 0 Å². The van der Waals surface area contributed by atoms with Crippen molar-refractivity contribution < 1.29 is 4.79 Å². The Morgan fingerprint density at radius 1 is 1.22 bits per heavy atom. The fourth-order valence-electron chi connectivity index (χ4n) is 1.88. The SMILES string of the molecule is CCNc1nnc(S[C@@H](C)C(=O)Nc2ccc(C(C)C)cc2)s1. The number of benzene rings is 1. The summed E-state index contributed by atoms with van der Waals surface area (Å²) in [6.07, 6.45) is 0. The Morgan fingerprint density at radius 3 is 2.52 bits per heavy atom. The summed E-state index contributed by atoms with van der Waals surface area (Å²) in [5.74, 6) is 0.449. The highest BCUT2D eigenvalue weighted by Crippen LogP contribution is 2.29. The van der Waals surface area contributed by atoms with Crippen molar-refractivity contribution >= 4 is 39.8 Å². The fraction of sp³-hybridized carbons (Fsp3) is 0.438. The molecule has 23 heavy (non-hydrogen) atoms. The molecule has 2 rings (SSSR count). The van der Waals surface area contributed by atoms with E-state index in [0.717, 1.165) is 21.7 Å². The molecule has 0 aliphatic heterocycles. The second kappa shape index (κ2) is 8.31. The molecule has 1 amide bonds. The van der Waals surface area contributed by atoms with E-state index in [1.807, 2.05) is 38.1 Å². The number of aromatic nitrogens is 2. The number of rotatable bonds is 7. The van der Waals surface area contributed by atoms with Crippen molar-refractivity contribution in [2.24, 2.45) is 0 Å². The minimum atomic E-state index is -0.234. The van der Waals surface area contributed by atoms with Crippen LogP contribution in [0.5, 0.6) is 0 Å². The first kappa shape index (κ1) is 17.7. The quantitative estimate of drug-likeness (QED) is 0.732. The van der Waals surface area contributed by atoms with Crippen molar-refractivity contribution in [3.63, 3.8) is 0 Å². The van der Waals surface area contributed by atoms with Gasteiger partial charge in [0.1, 0.15) is 0 Å². The number of anilines is 2. The molecule has 1 atom stereocenters. The van der Waals surface area contributed by atoms with Gasteiger partial charge in [-0.3, -0.25) is 4.79 Å². The zero-order chi connectivity index (χ0) is 16.8. The van der Waals surface area contributed by atoms with E-state index in [-0.39, 0.29) is 11.2 Å². The Morgan fingerprint density at radius 2 is 1.91 bits per heavy atom. The van der Waals surface area contributed by atoms with E-state index >= 15 is 0 Å². The van der Waals surface area contributed by atoms with Gasteiger partial charge in [-0.15, -0.1) is 10.2 Å². The summed E-state index contributed by atoms with van der Waals surface area (Å²) in [6, 6.07) is 7.98. The second-order valence-corrected chi connectivity index (χ2v) is 7.99. The van der Waals surface area contributed by atoms with E-state index in [1.165, 1.54) is 28.7 Å². The van der Waals surface area contributed by atoms with E-state index in [1.54, 1.807) is 0 Å². The van der Waals surface area contributed by atoms with Crippen LogP contribution in [-0.4, -0.2) is 27.9 Å². The monoisotopic (exact) mass is 350 g/mol. The molecule has 0 unspecified atom stereocenters. The topological polar surface area (TPSA) is 66.9 Å². The minimum absolute atomic E-state index is 0.0347. The molecule has 0 fully saturated rings. The minimum Gasteiger partial charge on any atom is -0.360 e. The normalized spacial score (nSPS) is 12.2. The van der Waals surface area contributed by atoms with Gasteiger partial charge >= 0.3 is 0 Å². The molecule has 0 saturated carbocycles. The fourth-order valence-corrected chi connectivity index (χ4v) is 3.84. The first-order valence-corrected chi connectivity index (χ1v) is 9.34.